The van der Waals surface area contributed by atoms with Crippen LogP contribution in [-0.4, -0.2) is 45.0 Å². The van der Waals surface area contributed by atoms with Crippen LogP contribution in [0.25, 0.3) is 11.4 Å². The van der Waals surface area contributed by atoms with E-state index in [1.807, 2.05) is 12.1 Å². The first-order valence-electron chi connectivity index (χ1n) is 8.45. The Hall–Kier alpha value is -2.45. The molecule has 140 valence electrons. The Morgan fingerprint density at radius 3 is 2.69 bits per heavy atom. The number of nitrogens with one attached hydrogen (secondary N) is 2. The number of hydrogen-bond acceptors (Lipinski definition) is 5. The van der Waals surface area contributed by atoms with Gasteiger partial charge in [-0.25, -0.2) is 4.98 Å². The summed E-state index contributed by atoms with van der Waals surface area (Å²) < 4.78 is 0. The van der Waals surface area contributed by atoms with E-state index in [0.29, 0.717) is 36.8 Å². The van der Waals surface area contributed by atoms with E-state index in [0.717, 1.165) is 24.8 Å². The monoisotopic (exact) mass is 378 g/mol. The van der Waals surface area contributed by atoms with Crippen LogP contribution in [0.1, 0.15) is 31.5 Å². The summed E-state index contributed by atoms with van der Waals surface area (Å²) in [5.41, 5.74) is 7.01. The number of aromatic amines is 1. The lowest BCUT2D eigenvalue weighted by Gasteiger charge is -2.19. The van der Waals surface area contributed by atoms with Crippen LogP contribution in [0.15, 0.2) is 24.3 Å². The van der Waals surface area contributed by atoms with Crippen LogP contribution in [0.2, 0.25) is 0 Å². The lowest BCUT2D eigenvalue weighted by atomic mass is 10.2. The molecule has 0 spiro atoms. The Bertz CT molecular complexity index is 746. The number of nitrogens with zero attached hydrogens (tertiary/aromatic N) is 3. The number of rotatable bonds is 5. The average Bonchev–Trinajstić information content (AvgIpc) is 3.01. The SMILES string of the molecule is Cl.NCc1nc(-c2ccc(NC(=O)CN3CCCCCC3=O)cc2)n[nH]1. The van der Waals surface area contributed by atoms with Crippen molar-refractivity contribution in [2.75, 3.05) is 18.4 Å². The Morgan fingerprint density at radius 1 is 1.23 bits per heavy atom. The van der Waals surface area contributed by atoms with Crippen molar-refractivity contribution in [3.05, 3.63) is 30.1 Å². The number of anilines is 1. The third-order valence-electron chi connectivity index (χ3n) is 4.16. The molecule has 1 aliphatic heterocycles. The molecule has 2 aromatic rings. The first-order valence-corrected chi connectivity index (χ1v) is 8.45. The number of amides is 2. The Kier molecular flexibility index (Phi) is 7.11. The zero-order valence-corrected chi connectivity index (χ0v) is 15.2. The van der Waals surface area contributed by atoms with E-state index in [9.17, 15) is 9.59 Å². The molecular weight excluding hydrogens is 356 g/mol. The molecule has 0 bridgehead atoms. The van der Waals surface area contributed by atoms with Gasteiger partial charge in [0.2, 0.25) is 11.8 Å². The predicted molar refractivity (Wildman–Crippen MR) is 101 cm³/mol. The number of carbonyl (C=O) groups is 2. The van der Waals surface area contributed by atoms with Gasteiger partial charge >= 0.3 is 0 Å². The zero-order valence-electron chi connectivity index (χ0n) is 14.4. The molecule has 0 saturated carbocycles. The number of aromatic nitrogens is 3. The molecule has 0 unspecified atom stereocenters. The van der Waals surface area contributed by atoms with E-state index < -0.39 is 0 Å². The first kappa shape index (κ1) is 19.9. The van der Waals surface area contributed by atoms with E-state index in [-0.39, 0.29) is 30.8 Å². The highest BCUT2D eigenvalue weighted by molar-refractivity contribution is 5.94. The van der Waals surface area contributed by atoms with Crippen LogP contribution in [0.5, 0.6) is 0 Å². The molecule has 2 amide bonds. The fraction of sp³-hybridized carbons (Fsp3) is 0.412. The number of benzene rings is 1. The quantitative estimate of drug-likeness (QED) is 0.731. The molecule has 0 radical (unpaired) electrons. The minimum atomic E-state index is -0.189. The van der Waals surface area contributed by atoms with Gasteiger partial charge in [-0.05, 0) is 37.1 Å². The molecule has 1 aromatic carbocycles. The molecule has 3 rings (SSSR count). The van der Waals surface area contributed by atoms with Crippen LogP contribution in [0, 0.1) is 0 Å². The fourth-order valence-electron chi connectivity index (χ4n) is 2.80. The van der Waals surface area contributed by atoms with Gasteiger partial charge in [0.15, 0.2) is 5.82 Å². The van der Waals surface area contributed by atoms with Gasteiger partial charge in [-0.2, -0.15) is 5.10 Å². The molecule has 8 nitrogen and oxygen atoms in total. The number of nitrogens with two attached hydrogens (primary N) is 1. The minimum Gasteiger partial charge on any atom is -0.333 e. The van der Waals surface area contributed by atoms with E-state index in [1.165, 1.54) is 0 Å². The maximum Gasteiger partial charge on any atom is 0.243 e. The van der Waals surface area contributed by atoms with Gasteiger partial charge in [0.05, 0.1) is 13.1 Å². The highest BCUT2D eigenvalue weighted by atomic mass is 35.5. The Labute approximate surface area is 158 Å². The van der Waals surface area contributed by atoms with E-state index in [4.69, 9.17) is 5.73 Å². The van der Waals surface area contributed by atoms with Crippen molar-refractivity contribution in [1.29, 1.82) is 0 Å². The second kappa shape index (κ2) is 9.30. The largest absolute Gasteiger partial charge is 0.333 e. The van der Waals surface area contributed by atoms with Crippen LogP contribution < -0.4 is 11.1 Å². The van der Waals surface area contributed by atoms with Crippen molar-refractivity contribution in [3.8, 4) is 11.4 Å². The topological polar surface area (TPSA) is 117 Å². The molecule has 2 heterocycles. The molecule has 0 aliphatic carbocycles. The van der Waals surface area contributed by atoms with E-state index in [2.05, 4.69) is 20.5 Å². The Balaban J connectivity index is 0.00000243. The van der Waals surface area contributed by atoms with Gasteiger partial charge < -0.3 is 16.0 Å². The maximum atomic E-state index is 12.2. The summed E-state index contributed by atoms with van der Waals surface area (Å²) in [7, 11) is 0. The summed E-state index contributed by atoms with van der Waals surface area (Å²) in [6, 6.07) is 7.23. The molecular formula is C17H23ClN6O2. The molecule has 1 aliphatic rings. The fourth-order valence-corrected chi connectivity index (χ4v) is 2.80. The van der Waals surface area contributed by atoms with Crippen molar-refractivity contribution in [2.24, 2.45) is 5.73 Å². The van der Waals surface area contributed by atoms with Crippen molar-refractivity contribution in [1.82, 2.24) is 20.1 Å². The van der Waals surface area contributed by atoms with Crippen molar-refractivity contribution >= 4 is 29.9 Å². The second-order valence-electron chi connectivity index (χ2n) is 6.06. The lowest BCUT2D eigenvalue weighted by Crippen LogP contribution is -2.37. The predicted octanol–water partition coefficient (Wildman–Crippen LogP) is 1.69. The molecule has 1 fully saturated rings. The standard InChI is InChI=1S/C17H22N6O2.ClH/c18-10-14-20-17(22-21-14)12-5-7-13(8-6-12)19-15(24)11-23-9-3-1-2-4-16(23)25;/h5-8H,1-4,9-11,18H2,(H,19,24)(H,20,21,22);1H. The number of hydrogen-bond donors (Lipinski definition) is 3. The van der Waals surface area contributed by atoms with Crippen molar-refractivity contribution in [3.63, 3.8) is 0 Å². The highest BCUT2D eigenvalue weighted by Gasteiger charge is 2.19. The van der Waals surface area contributed by atoms with Crippen molar-refractivity contribution in [2.45, 2.75) is 32.2 Å². The summed E-state index contributed by atoms with van der Waals surface area (Å²) in [6.07, 6.45) is 3.43. The molecule has 9 heteroatoms. The third kappa shape index (κ3) is 5.03. The third-order valence-corrected chi connectivity index (χ3v) is 4.16. The van der Waals surface area contributed by atoms with Crippen LogP contribution in [-0.2, 0) is 16.1 Å². The number of H-pyrrole nitrogens is 1. The van der Waals surface area contributed by atoms with Crippen LogP contribution in [0.3, 0.4) is 0 Å². The van der Waals surface area contributed by atoms with Gasteiger partial charge in [0.1, 0.15) is 5.82 Å². The summed E-state index contributed by atoms with van der Waals surface area (Å²) in [6.45, 7) is 1.05. The van der Waals surface area contributed by atoms with Gasteiger partial charge in [-0.3, -0.25) is 14.7 Å². The summed E-state index contributed by atoms with van der Waals surface area (Å²) in [4.78, 5) is 30.0. The average molecular weight is 379 g/mol. The molecule has 4 N–H and O–H groups in total. The zero-order chi connectivity index (χ0) is 17.6. The van der Waals surface area contributed by atoms with Gasteiger partial charge in [0, 0.05) is 24.2 Å². The van der Waals surface area contributed by atoms with Crippen LogP contribution in [0.4, 0.5) is 5.69 Å². The normalized spacial score (nSPS) is 14.5. The van der Waals surface area contributed by atoms with Gasteiger partial charge in [-0.15, -0.1) is 12.4 Å². The first-order chi connectivity index (χ1) is 12.2. The number of likely N-dealkylation sites (tertiary alicyclic amines) is 1. The van der Waals surface area contributed by atoms with Gasteiger partial charge in [0.25, 0.3) is 0 Å². The molecule has 1 saturated heterocycles. The smallest absolute Gasteiger partial charge is 0.243 e. The van der Waals surface area contributed by atoms with E-state index >= 15 is 0 Å². The highest BCUT2D eigenvalue weighted by Crippen LogP contribution is 2.18. The van der Waals surface area contributed by atoms with Crippen LogP contribution >= 0.6 is 12.4 Å². The van der Waals surface area contributed by atoms with Crippen molar-refractivity contribution < 1.29 is 9.59 Å². The van der Waals surface area contributed by atoms with Gasteiger partial charge in [-0.1, -0.05) is 6.42 Å². The maximum absolute atomic E-state index is 12.2. The number of carbonyl (C=O) groups excluding carboxylic acids is 2. The summed E-state index contributed by atoms with van der Waals surface area (Å²) in [5.74, 6) is 1.05. The summed E-state index contributed by atoms with van der Waals surface area (Å²) in [5, 5.41) is 9.68. The molecule has 0 atom stereocenters. The lowest BCUT2D eigenvalue weighted by molar-refractivity contribution is -0.134. The second-order valence-corrected chi connectivity index (χ2v) is 6.06. The summed E-state index contributed by atoms with van der Waals surface area (Å²) >= 11 is 0. The molecule has 1 aromatic heterocycles. The minimum absolute atomic E-state index is 0. The van der Waals surface area contributed by atoms with E-state index in [1.54, 1.807) is 17.0 Å². The Morgan fingerprint density at radius 2 is 2.00 bits per heavy atom. The number of halogens is 1. The molecule has 26 heavy (non-hydrogen) atoms.